The molecule has 5 rings (SSSR count). The molecule has 0 spiro atoms. The Balaban J connectivity index is 1.93. The van der Waals surface area contributed by atoms with Gasteiger partial charge in [0.15, 0.2) is 28.6 Å². The highest BCUT2D eigenvalue weighted by Crippen LogP contribution is 2.51. The number of benzene rings is 4. The van der Waals surface area contributed by atoms with E-state index < -0.39 is 67.9 Å². The number of phenols is 3. The number of aldehydes is 1. The molecular formula is C35H31NO10. The molecule has 236 valence electrons. The Hall–Kier alpha value is -5.45. The number of hydrogen-bond acceptors (Lipinski definition) is 11. The predicted octanol–water partition coefficient (Wildman–Crippen LogP) is 4.03. The number of aromatic hydroxyl groups is 3. The Bertz CT molecular complexity index is 2250. The van der Waals surface area contributed by atoms with Gasteiger partial charge < -0.3 is 20.1 Å². The molecule has 0 unspecified atom stereocenters. The number of carbonyl (C=O) groups excluding carboxylic acids is 2. The second kappa shape index (κ2) is 11.5. The zero-order valence-corrected chi connectivity index (χ0v) is 26.0. The molecule has 0 saturated carbocycles. The van der Waals surface area contributed by atoms with E-state index in [1.807, 2.05) is 0 Å². The van der Waals surface area contributed by atoms with Gasteiger partial charge in [-0.3, -0.25) is 29.0 Å². The van der Waals surface area contributed by atoms with Crippen LogP contribution in [0, 0.1) is 13.8 Å². The monoisotopic (exact) mass is 625 g/mol. The third-order valence-electron chi connectivity index (χ3n) is 8.46. The van der Waals surface area contributed by atoms with Gasteiger partial charge in [0, 0.05) is 68.0 Å². The molecule has 2 aromatic carbocycles. The summed E-state index contributed by atoms with van der Waals surface area (Å²) >= 11 is 0. The van der Waals surface area contributed by atoms with Gasteiger partial charge in [-0.15, -0.1) is 0 Å². The van der Waals surface area contributed by atoms with Crippen molar-refractivity contribution in [1.29, 1.82) is 0 Å². The minimum absolute atomic E-state index is 0.0197. The van der Waals surface area contributed by atoms with Crippen LogP contribution in [0.2, 0.25) is 0 Å². The fraction of sp³-hybridized carbons (Fsp3) is 0.286. The van der Waals surface area contributed by atoms with Crippen LogP contribution in [0.25, 0.3) is 33.0 Å². The second-order valence-electron chi connectivity index (χ2n) is 12.0. The highest BCUT2D eigenvalue weighted by molar-refractivity contribution is 6.11. The zero-order valence-electron chi connectivity index (χ0n) is 26.0. The number of hydrogen-bond donors (Lipinski definition) is 3. The van der Waals surface area contributed by atoms with Gasteiger partial charge in [0.25, 0.3) is 0 Å². The second-order valence-corrected chi connectivity index (χ2v) is 12.0. The van der Waals surface area contributed by atoms with Crippen molar-refractivity contribution in [3.8, 4) is 45.3 Å². The summed E-state index contributed by atoms with van der Waals surface area (Å²) in [7, 11) is 0. The molecule has 0 saturated heterocycles. The van der Waals surface area contributed by atoms with Crippen LogP contribution in [-0.2, 0) is 4.79 Å². The van der Waals surface area contributed by atoms with Crippen molar-refractivity contribution in [3.05, 3.63) is 86.4 Å². The molecule has 46 heavy (non-hydrogen) atoms. The molecule has 0 fully saturated rings. The van der Waals surface area contributed by atoms with E-state index in [2.05, 4.69) is 4.99 Å². The Morgan fingerprint density at radius 2 is 1.46 bits per heavy atom. The molecule has 0 atom stereocenters. The van der Waals surface area contributed by atoms with E-state index in [1.165, 1.54) is 20.1 Å². The van der Waals surface area contributed by atoms with E-state index in [1.54, 1.807) is 33.8 Å². The van der Waals surface area contributed by atoms with Gasteiger partial charge in [0.2, 0.25) is 10.9 Å². The van der Waals surface area contributed by atoms with Crippen LogP contribution in [-0.4, -0.2) is 40.3 Å². The molecule has 0 bridgehead atoms. The number of rotatable bonds is 6. The number of aliphatic imine (C=N–C) groups is 1. The number of dihydropyridines is 1. The van der Waals surface area contributed by atoms with Gasteiger partial charge in [-0.1, -0.05) is 33.8 Å². The van der Waals surface area contributed by atoms with E-state index in [9.17, 15) is 44.1 Å². The van der Waals surface area contributed by atoms with E-state index in [4.69, 9.17) is 4.74 Å². The van der Waals surface area contributed by atoms with Crippen molar-refractivity contribution in [2.75, 3.05) is 6.54 Å². The lowest BCUT2D eigenvalue weighted by Crippen LogP contribution is -2.38. The van der Waals surface area contributed by atoms with Gasteiger partial charge in [-0.05, 0) is 38.2 Å². The molecular weight excluding hydrogens is 594 g/mol. The van der Waals surface area contributed by atoms with E-state index in [0.717, 1.165) is 6.07 Å². The van der Waals surface area contributed by atoms with E-state index in [-0.39, 0.29) is 67.3 Å². The third-order valence-corrected chi connectivity index (χ3v) is 8.46. The van der Waals surface area contributed by atoms with Crippen LogP contribution in [0.1, 0.15) is 78.6 Å². The molecule has 11 nitrogen and oxygen atoms in total. The molecule has 0 radical (unpaired) electrons. The lowest BCUT2D eigenvalue weighted by atomic mass is 9.81. The number of esters is 1. The van der Waals surface area contributed by atoms with Gasteiger partial charge in [-0.2, -0.15) is 0 Å². The maximum Gasteiger partial charge on any atom is 0.344 e. The number of fused-ring (bicyclic) bond motifs is 2. The van der Waals surface area contributed by atoms with Crippen molar-refractivity contribution in [1.82, 2.24) is 0 Å². The number of carbonyl (C=O) groups is 2. The summed E-state index contributed by atoms with van der Waals surface area (Å²) in [5.74, 6) is -3.75. The molecule has 1 heterocycles. The average Bonchev–Trinajstić information content (AvgIpc) is 3.01. The number of ether oxygens (including phenoxy) is 1. The summed E-state index contributed by atoms with van der Waals surface area (Å²) in [6, 6.07) is 1.14. The smallest absolute Gasteiger partial charge is 0.344 e. The maximum absolute atomic E-state index is 14.2. The molecule has 11 heteroatoms. The quantitative estimate of drug-likeness (QED) is 0.0929. The van der Waals surface area contributed by atoms with Crippen LogP contribution in [0.15, 0.2) is 41.9 Å². The minimum Gasteiger partial charge on any atom is -0.507 e. The molecule has 3 N–H and O–H groups in total. The summed E-state index contributed by atoms with van der Waals surface area (Å²) in [5.41, 5.74) is -6.46. The first-order chi connectivity index (χ1) is 21.6. The van der Waals surface area contributed by atoms with Crippen molar-refractivity contribution in [3.63, 3.8) is 0 Å². The number of nitrogens with zero attached hydrogens (tertiary/aromatic N) is 1. The van der Waals surface area contributed by atoms with Crippen molar-refractivity contribution >= 4 is 29.2 Å². The highest BCUT2D eigenvalue weighted by atomic mass is 16.5. The molecule has 0 amide bonds. The lowest BCUT2D eigenvalue weighted by Gasteiger charge is -2.22. The summed E-state index contributed by atoms with van der Waals surface area (Å²) < 4.78 is 5.51. The predicted molar refractivity (Wildman–Crippen MR) is 173 cm³/mol. The Labute approximate surface area is 261 Å². The first kappa shape index (κ1) is 32.0. The fourth-order valence-corrected chi connectivity index (χ4v) is 6.25. The van der Waals surface area contributed by atoms with Crippen molar-refractivity contribution in [2.24, 2.45) is 4.99 Å². The van der Waals surface area contributed by atoms with Gasteiger partial charge in [-0.25, -0.2) is 4.79 Å². The van der Waals surface area contributed by atoms with Crippen molar-refractivity contribution < 1.29 is 29.6 Å². The maximum atomic E-state index is 14.2. The molecule has 3 aliphatic rings. The fourth-order valence-electron chi connectivity index (χ4n) is 6.25. The highest BCUT2D eigenvalue weighted by Gasteiger charge is 2.34. The minimum atomic E-state index is -1.22. The first-order valence-corrected chi connectivity index (χ1v) is 14.6. The SMILES string of the molecule is Cc1c(-c2c(C)c(=O)c3c(C(C)C)c(=O)c(=O)c(C=O)c-3c2=O)c(O)c2cc(OC(=O)C3=CCCN=C3)c(O)c(C(C)C)c2c1O. The summed E-state index contributed by atoms with van der Waals surface area (Å²) in [6.07, 6.45) is 3.55. The Kier molecular flexibility index (Phi) is 7.98. The normalized spacial score (nSPS) is 13.2. The zero-order chi connectivity index (χ0) is 33.9. The van der Waals surface area contributed by atoms with Crippen LogP contribution < -0.4 is 26.5 Å². The van der Waals surface area contributed by atoms with Crippen LogP contribution in [0.3, 0.4) is 0 Å². The molecule has 0 aromatic heterocycles. The topological polar surface area (TPSA) is 185 Å². The largest absolute Gasteiger partial charge is 0.507 e. The van der Waals surface area contributed by atoms with Crippen LogP contribution in [0.5, 0.6) is 23.0 Å². The van der Waals surface area contributed by atoms with E-state index >= 15 is 0 Å². The summed E-state index contributed by atoms with van der Waals surface area (Å²) in [5, 5.41) is 34.5. The van der Waals surface area contributed by atoms with Crippen LogP contribution in [0.4, 0.5) is 0 Å². The first-order valence-electron chi connectivity index (χ1n) is 14.6. The van der Waals surface area contributed by atoms with Gasteiger partial charge >= 0.3 is 5.97 Å². The molecule has 2 aromatic rings. The Morgan fingerprint density at radius 3 is 2.02 bits per heavy atom. The third kappa shape index (κ3) is 4.61. The van der Waals surface area contributed by atoms with Gasteiger partial charge in [0.05, 0.1) is 11.1 Å². The number of phenolic OH excluding ortho intramolecular Hbond substituents is 3. The van der Waals surface area contributed by atoms with Crippen LogP contribution >= 0.6 is 0 Å². The van der Waals surface area contributed by atoms with Crippen molar-refractivity contribution in [2.45, 2.75) is 59.8 Å². The Morgan fingerprint density at radius 1 is 0.804 bits per heavy atom. The molecule has 1 aliphatic heterocycles. The molecule has 2 aliphatic carbocycles. The van der Waals surface area contributed by atoms with E-state index in [0.29, 0.717) is 13.0 Å². The lowest BCUT2D eigenvalue weighted by molar-refractivity contribution is -0.129. The summed E-state index contributed by atoms with van der Waals surface area (Å²) in [6.45, 7) is 9.77. The summed E-state index contributed by atoms with van der Waals surface area (Å²) in [4.78, 5) is 83.0. The standard InChI is InChI=1S/C35H31NO10/c1-13(2)21-25-18(10-20(32(21)42)46-35(45)17-8-7-9-36-11-17)30(40)23(15(5)28(25)38)24-16(6)29(39)27-22(14(3)4)34(44)31(41)19(12-37)26(27)33(24)43/h8,10-14,38,40,42H,7,9H2,1-6H3. The van der Waals surface area contributed by atoms with Gasteiger partial charge in [0.1, 0.15) is 11.5 Å². The average molecular weight is 626 g/mol.